The van der Waals surface area contributed by atoms with Gasteiger partial charge in [-0.1, -0.05) is 47.2 Å². The Morgan fingerprint density at radius 2 is 2.03 bits per heavy atom. The highest BCUT2D eigenvalue weighted by molar-refractivity contribution is 8.01. The van der Waals surface area contributed by atoms with Gasteiger partial charge in [0.25, 0.3) is 5.91 Å². The normalized spacial score (nSPS) is 16.9. The van der Waals surface area contributed by atoms with E-state index in [1.165, 1.54) is 48.9 Å². The van der Waals surface area contributed by atoms with E-state index in [1.807, 2.05) is 31.2 Å². The first-order valence-electron chi connectivity index (χ1n) is 10.4. The van der Waals surface area contributed by atoms with Crippen LogP contribution < -0.4 is 10.6 Å². The number of hydrogen-bond acceptors (Lipinski definition) is 7. The monoisotopic (exact) mass is 447 g/mol. The van der Waals surface area contributed by atoms with Crippen LogP contribution in [0.4, 0.5) is 5.69 Å². The smallest absolute Gasteiger partial charge is 0.286 e. The Hall–Kier alpha value is -1.97. The Morgan fingerprint density at radius 3 is 2.80 bits per heavy atom. The van der Waals surface area contributed by atoms with Gasteiger partial charge in [-0.25, -0.2) is 0 Å². The average molecular weight is 448 g/mol. The number of hydrogen-bond donors (Lipinski definition) is 2. The van der Waals surface area contributed by atoms with Crippen molar-refractivity contribution in [3.05, 3.63) is 34.8 Å². The van der Waals surface area contributed by atoms with Crippen molar-refractivity contribution in [2.45, 2.75) is 49.9 Å². The van der Waals surface area contributed by atoms with E-state index in [2.05, 4.69) is 32.7 Å². The van der Waals surface area contributed by atoms with Crippen LogP contribution in [0, 0.1) is 6.92 Å². The molecule has 2 amide bonds. The molecule has 9 heteroatoms. The standard InChI is InChI=1S/C21H29N5O2S2/c1-15-7-9-17(10-8-15)23-19(28)20-24-25-21(30-20)29-14-18(27)22-11-5-13-26-12-4-3-6-16(26)2/h7-10,16H,3-6,11-14H2,1-2H3,(H,22,27)(H,23,28)/t16-/m1/s1. The fourth-order valence-electron chi connectivity index (χ4n) is 3.36. The van der Waals surface area contributed by atoms with Gasteiger partial charge in [-0.05, 0) is 51.8 Å². The second-order valence-electron chi connectivity index (χ2n) is 7.57. The summed E-state index contributed by atoms with van der Waals surface area (Å²) in [7, 11) is 0. The molecule has 0 saturated carbocycles. The van der Waals surface area contributed by atoms with Crippen LogP contribution in [0.2, 0.25) is 0 Å². The molecular weight excluding hydrogens is 418 g/mol. The van der Waals surface area contributed by atoms with Crippen LogP contribution in [0.3, 0.4) is 0 Å². The number of aryl methyl sites for hydroxylation is 1. The summed E-state index contributed by atoms with van der Waals surface area (Å²) in [6.07, 6.45) is 4.84. The third-order valence-corrected chi connectivity index (χ3v) is 7.18. The van der Waals surface area contributed by atoms with Gasteiger partial charge in [0.1, 0.15) is 0 Å². The lowest BCUT2D eigenvalue weighted by atomic mass is 10.0. The number of likely N-dealkylation sites (tertiary alicyclic amines) is 1. The Labute approximate surface area is 186 Å². The maximum absolute atomic E-state index is 12.3. The molecule has 1 aromatic carbocycles. The van der Waals surface area contributed by atoms with Crippen molar-refractivity contribution >= 4 is 40.6 Å². The fourth-order valence-corrected chi connectivity index (χ4v) is 4.94. The molecule has 2 aromatic rings. The van der Waals surface area contributed by atoms with Gasteiger partial charge in [0.15, 0.2) is 4.34 Å². The molecule has 0 aliphatic carbocycles. The molecule has 162 valence electrons. The van der Waals surface area contributed by atoms with Gasteiger partial charge in [0.05, 0.1) is 5.75 Å². The predicted octanol–water partition coefficient (Wildman–Crippen LogP) is 3.57. The van der Waals surface area contributed by atoms with Crippen molar-refractivity contribution in [2.75, 3.05) is 30.7 Å². The average Bonchev–Trinajstić information content (AvgIpc) is 3.22. The SMILES string of the molecule is Cc1ccc(NC(=O)c2nnc(SCC(=O)NCCCN3CCCC[C@H]3C)s2)cc1. The largest absolute Gasteiger partial charge is 0.355 e. The van der Waals surface area contributed by atoms with Gasteiger partial charge in [-0.15, -0.1) is 10.2 Å². The summed E-state index contributed by atoms with van der Waals surface area (Å²) < 4.78 is 0.612. The molecular formula is C21H29N5O2S2. The highest BCUT2D eigenvalue weighted by Gasteiger charge is 2.17. The first-order chi connectivity index (χ1) is 14.5. The second-order valence-corrected chi connectivity index (χ2v) is 9.77. The van der Waals surface area contributed by atoms with Crippen LogP contribution in [0.5, 0.6) is 0 Å². The number of amides is 2. The maximum Gasteiger partial charge on any atom is 0.286 e. The number of nitrogens with zero attached hydrogens (tertiary/aromatic N) is 3. The molecule has 0 radical (unpaired) electrons. The minimum absolute atomic E-state index is 0.0208. The van der Waals surface area contributed by atoms with Gasteiger partial charge in [-0.2, -0.15) is 0 Å². The summed E-state index contributed by atoms with van der Waals surface area (Å²) in [6.45, 7) is 7.16. The molecule has 0 unspecified atom stereocenters. The van der Waals surface area contributed by atoms with Gasteiger partial charge < -0.3 is 15.5 Å². The molecule has 1 aliphatic rings. The zero-order valence-electron chi connectivity index (χ0n) is 17.5. The van der Waals surface area contributed by atoms with Crippen LogP contribution in [0.25, 0.3) is 0 Å². The van der Waals surface area contributed by atoms with Crippen LogP contribution >= 0.6 is 23.1 Å². The number of carbonyl (C=O) groups excluding carboxylic acids is 2. The number of aromatic nitrogens is 2. The summed E-state index contributed by atoms with van der Waals surface area (Å²) in [5, 5.41) is 14.0. The minimum atomic E-state index is -0.292. The lowest BCUT2D eigenvalue weighted by Crippen LogP contribution is -2.39. The molecule has 1 fully saturated rings. The van der Waals surface area contributed by atoms with E-state index < -0.39 is 0 Å². The van der Waals surface area contributed by atoms with Crippen molar-refractivity contribution in [3.63, 3.8) is 0 Å². The molecule has 1 aromatic heterocycles. The number of anilines is 1. The van der Waals surface area contributed by atoms with E-state index >= 15 is 0 Å². The molecule has 2 N–H and O–H groups in total. The molecule has 2 heterocycles. The molecule has 30 heavy (non-hydrogen) atoms. The Bertz CT molecular complexity index is 840. The van der Waals surface area contributed by atoms with Crippen molar-refractivity contribution in [3.8, 4) is 0 Å². The predicted molar refractivity (Wildman–Crippen MR) is 122 cm³/mol. The van der Waals surface area contributed by atoms with Gasteiger partial charge in [-0.3, -0.25) is 9.59 Å². The van der Waals surface area contributed by atoms with E-state index in [1.54, 1.807) is 0 Å². The molecule has 7 nitrogen and oxygen atoms in total. The second kappa shape index (κ2) is 11.4. The molecule has 1 saturated heterocycles. The minimum Gasteiger partial charge on any atom is -0.355 e. The molecule has 0 spiro atoms. The molecule has 3 rings (SSSR count). The number of carbonyl (C=O) groups is 2. The first-order valence-corrected chi connectivity index (χ1v) is 12.2. The van der Waals surface area contributed by atoms with E-state index in [0.29, 0.717) is 22.6 Å². The van der Waals surface area contributed by atoms with Crippen LogP contribution in [0.1, 0.15) is 48.0 Å². The zero-order valence-corrected chi connectivity index (χ0v) is 19.2. The van der Waals surface area contributed by atoms with Gasteiger partial charge >= 0.3 is 0 Å². The summed E-state index contributed by atoms with van der Waals surface area (Å²) in [5.41, 5.74) is 1.84. The summed E-state index contributed by atoms with van der Waals surface area (Å²) >= 11 is 2.50. The Balaban J connectivity index is 1.34. The topological polar surface area (TPSA) is 87.2 Å². The lowest BCUT2D eigenvalue weighted by Gasteiger charge is -2.33. The highest BCUT2D eigenvalue weighted by Crippen LogP contribution is 2.23. The number of rotatable bonds is 9. The van der Waals surface area contributed by atoms with E-state index in [0.717, 1.165) is 18.5 Å². The van der Waals surface area contributed by atoms with E-state index in [9.17, 15) is 9.59 Å². The van der Waals surface area contributed by atoms with Crippen molar-refractivity contribution < 1.29 is 9.59 Å². The van der Waals surface area contributed by atoms with E-state index in [-0.39, 0.29) is 22.6 Å². The molecule has 1 aliphatic heterocycles. The number of benzene rings is 1. The maximum atomic E-state index is 12.3. The van der Waals surface area contributed by atoms with Crippen LogP contribution in [0.15, 0.2) is 28.6 Å². The van der Waals surface area contributed by atoms with Crippen molar-refractivity contribution in [1.82, 2.24) is 20.4 Å². The number of nitrogens with one attached hydrogen (secondary N) is 2. The van der Waals surface area contributed by atoms with Gasteiger partial charge in [0.2, 0.25) is 10.9 Å². The molecule has 0 bridgehead atoms. The third kappa shape index (κ3) is 7.07. The summed E-state index contributed by atoms with van der Waals surface area (Å²) in [5.74, 6) is -0.0407. The number of piperidine rings is 1. The van der Waals surface area contributed by atoms with Crippen molar-refractivity contribution in [1.29, 1.82) is 0 Å². The first kappa shape index (κ1) is 22.7. The summed E-state index contributed by atoms with van der Waals surface area (Å²) in [4.78, 5) is 26.9. The quantitative estimate of drug-likeness (QED) is 0.451. The Morgan fingerprint density at radius 1 is 1.23 bits per heavy atom. The van der Waals surface area contributed by atoms with Crippen molar-refractivity contribution in [2.24, 2.45) is 0 Å². The van der Waals surface area contributed by atoms with Crippen LogP contribution in [-0.4, -0.2) is 58.3 Å². The Kier molecular flexibility index (Phi) is 8.65. The van der Waals surface area contributed by atoms with E-state index in [4.69, 9.17) is 0 Å². The fraction of sp³-hybridized carbons (Fsp3) is 0.524. The summed E-state index contributed by atoms with van der Waals surface area (Å²) in [6, 6.07) is 8.21. The lowest BCUT2D eigenvalue weighted by molar-refractivity contribution is -0.118. The highest BCUT2D eigenvalue weighted by atomic mass is 32.2. The zero-order chi connectivity index (χ0) is 21.3. The van der Waals surface area contributed by atoms with Gasteiger partial charge in [0, 0.05) is 24.8 Å². The third-order valence-electron chi connectivity index (χ3n) is 5.12. The molecule has 1 atom stereocenters. The number of thioether (sulfide) groups is 1. The van der Waals surface area contributed by atoms with Crippen LogP contribution in [-0.2, 0) is 4.79 Å².